The van der Waals surface area contributed by atoms with Gasteiger partial charge in [0.25, 0.3) is 0 Å². The second kappa shape index (κ2) is 6.43. The molecule has 0 bridgehead atoms. The number of hydrogen-bond acceptors (Lipinski definition) is 3. The second-order valence-corrected chi connectivity index (χ2v) is 4.87. The molecule has 1 aliphatic rings. The molecule has 1 aromatic rings. The van der Waals surface area contributed by atoms with Crippen LogP contribution >= 0.6 is 0 Å². The van der Waals surface area contributed by atoms with Gasteiger partial charge in [-0.1, -0.05) is 37.8 Å². The Kier molecular flexibility index (Phi) is 4.62. The van der Waals surface area contributed by atoms with Crippen LogP contribution in [0.5, 0.6) is 0 Å². The average molecular weight is 247 g/mol. The van der Waals surface area contributed by atoms with Crippen molar-refractivity contribution in [2.75, 3.05) is 12.4 Å². The summed E-state index contributed by atoms with van der Waals surface area (Å²) in [6, 6.07) is 8.07. The normalized spacial score (nSPS) is 16.9. The minimum Gasteiger partial charge on any atom is -0.465 e. The van der Waals surface area contributed by atoms with Gasteiger partial charge in [-0.15, -0.1) is 0 Å². The molecular weight excluding hydrogens is 226 g/mol. The van der Waals surface area contributed by atoms with Gasteiger partial charge in [-0.25, -0.2) is 4.79 Å². The number of nitrogens with one attached hydrogen (secondary N) is 1. The molecule has 0 aliphatic heterocycles. The zero-order valence-corrected chi connectivity index (χ0v) is 10.9. The maximum absolute atomic E-state index is 11.7. The van der Waals surface area contributed by atoms with Gasteiger partial charge in [-0.3, -0.25) is 0 Å². The average Bonchev–Trinajstić information content (AvgIpc) is 2.67. The van der Waals surface area contributed by atoms with E-state index in [4.69, 9.17) is 4.74 Å². The minimum absolute atomic E-state index is 0.272. The Morgan fingerprint density at radius 1 is 1.17 bits per heavy atom. The Morgan fingerprint density at radius 2 is 1.83 bits per heavy atom. The van der Waals surface area contributed by atoms with Crippen molar-refractivity contribution in [2.24, 2.45) is 0 Å². The van der Waals surface area contributed by atoms with Gasteiger partial charge in [0, 0.05) is 11.7 Å². The fourth-order valence-electron chi connectivity index (χ4n) is 2.54. The number of methoxy groups -OCH3 is 1. The Balaban J connectivity index is 2.10. The molecule has 1 N–H and O–H groups in total. The molecule has 1 aromatic carbocycles. The topological polar surface area (TPSA) is 38.3 Å². The smallest absolute Gasteiger partial charge is 0.339 e. The van der Waals surface area contributed by atoms with Gasteiger partial charge >= 0.3 is 5.97 Å². The molecule has 3 heteroatoms. The molecule has 0 radical (unpaired) electrons. The van der Waals surface area contributed by atoms with Gasteiger partial charge in [0.1, 0.15) is 0 Å². The Bertz CT molecular complexity index is 395. The largest absolute Gasteiger partial charge is 0.465 e. The maximum Gasteiger partial charge on any atom is 0.339 e. The summed E-state index contributed by atoms with van der Waals surface area (Å²) in [5.74, 6) is -0.272. The molecule has 98 valence electrons. The van der Waals surface area contributed by atoms with Crippen LogP contribution in [-0.4, -0.2) is 19.1 Å². The summed E-state index contributed by atoms with van der Waals surface area (Å²) in [4.78, 5) is 11.7. The third-order valence-corrected chi connectivity index (χ3v) is 3.55. The number of carbonyl (C=O) groups is 1. The van der Waals surface area contributed by atoms with Crippen molar-refractivity contribution in [1.29, 1.82) is 0 Å². The number of anilines is 1. The first-order chi connectivity index (χ1) is 8.81. The van der Waals surface area contributed by atoms with Crippen LogP contribution in [-0.2, 0) is 4.74 Å². The highest BCUT2D eigenvalue weighted by Gasteiger charge is 2.16. The monoisotopic (exact) mass is 247 g/mol. The number of benzene rings is 1. The van der Waals surface area contributed by atoms with Crippen molar-refractivity contribution < 1.29 is 9.53 Å². The lowest BCUT2D eigenvalue weighted by molar-refractivity contribution is 0.0602. The van der Waals surface area contributed by atoms with Crippen molar-refractivity contribution in [2.45, 2.75) is 44.6 Å². The molecule has 0 spiro atoms. The maximum atomic E-state index is 11.7. The van der Waals surface area contributed by atoms with Crippen LogP contribution in [0.3, 0.4) is 0 Å². The molecule has 18 heavy (non-hydrogen) atoms. The highest BCUT2D eigenvalue weighted by Crippen LogP contribution is 2.23. The van der Waals surface area contributed by atoms with Gasteiger partial charge in [0.05, 0.1) is 12.7 Å². The number of para-hydroxylation sites is 1. The summed E-state index contributed by atoms with van der Waals surface area (Å²) in [6.45, 7) is 0. The summed E-state index contributed by atoms with van der Waals surface area (Å²) in [6.07, 6.45) is 7.59. The van der Waals surface area contributed by atoms with E-state index < -0.39 is 0 Å². The molecule has 1 saturated carbocycles. The molecule has 0 amide bonds. The molecule has 1 fully saturated rings. The fraction of sp³-hybridized carbons (Fsp3) is 0.533. The van der Waals surface area contributed by atoms with Crippen LogP contribution in [0.4, 0.5) is 5.69 Å². The first-order valence-corrected chi connectivity index (χ1v) is 6.75. The van der Waals surface area contributed by atoms with Crippen LogP contribution in [0, 0.1) is 0 Å². The molecule has 2 rings (SSSR count). The Labute approximate surface area is 109 Å². The predicted octanol–water partition coefficient (Wildman–Crippen LogP) is 3.61. The summed E-state index contributed by atoms with van der Waals surface area (Å²) in [7, 11) is 1.42. The number of esters is 1. The van der Waals surface area contributed by atoms with Crippen molar-refractivity contribution in [1.82, 2.24) is 0 Å². The van der Waals surface area contributed by atoms with Gasteiger partial charge in [-0.05, 0) is 25.0 Å². The van der Waals surface area contributed by atoms with Crippen LogP contribution in [0.2, 0.25) is 0 Å². The fourth-order valence-corrected chi connectivity index (χ4v) is 2.54. The molecule has 0 heterocycles. The minimum atomic E-state index is -0.272. The van der Waals surface area contributed by atoms with E-state index in [9.17, 15) is 4.79 Å². The quantitative estimate of drug-likeness (QED) is 0.655. The standard InChI is InChI=1S/C15H21NO2/c1-18-15(17)13-10-6-7-11-14(13)16-12-8-4-2-3-5-9-12/h6-7,10-12,16H,2-5,8-9H2,1H3. The lowest BCUT2D eigenvalue weighted by Gasteiger charge is -2.19. The molecular formula is C15H21NO2. The van der Waals surface area contributed by atoms with E-state index in [1.807, 2.05) is 24.3 Å². The zero-order chi connectivity index (χ0) is 12.8. The summed E-state index contributed by atoms with van der Waals surface area (Å²) >= 11 is 0. The molecule has 3 nitrogen and oxygen atoms in total. The highest BCUT2D eigenvalue weighted by atomic mass is 16.5. The SMILES string of the molecule is COC(=O)c1ccccc1NC1CCCCCC1. The van der Waals surface area contributed by atoms with E-state index >= 15 is 0 Å². The third-order valence-electron chi connectivity index (χ3n) is 3.55. The van der Waals surface area contributed by atoms with E-state index in [-0.39, 0.29) is 5.97 Å². The van der Waals surface area contributed by atoms with E-state index in [1.165, 1.54) is 45.6 Å². The summed E-state index contributed by atoms with van der Waals surface area (Å²) < 4.78 is 4.81. The molecule has 0 saturated heterocycles. The first-order valence-electron chi connectivity index (χ1n) is 6.75. The number of carbonyl (C=O) groups excluding carboxylic acids is 1. The van der Waals surface area contributed by atoms with E-state index in [2.05, 4.69) is 5.32 Å². The van der Waals surface area contributed by atoms with Crippen molar-refractivity contribution in [3.05, 3.63) is 29.8 Å². The first kappa shape index (κ1) is 12.9. The van der Waals surface area contributed by atoms with Crippen molar-refractivity contribution >= 4 is 11.7 Å². The number of hydrogen-bond donors (Lipinski definition) is 1. The number of rotatable bonds is 3. The summed E-state index contributed by atoms with van der Waals surface area (Å²) in [5.41, 5.74) is 1.53. The van der Waals surface area contributed by atoms with Gasteiger partial charge in [0.2, 0.25) is 0 Å². The van der Waals surface area contributed by atoms with E-state index in [0.29, 0.717) is 11.6 Å². The van der Waals surface area contributed by atoms with Crippen LogP contribution in [0.15, 0.2) is 24.3 Å². The van der Waals surface area contributed by atoms with Gasteiger partial charge in [0.15, 0.2) is 0 Å². The predicted molar refractivity (Wildman–Crippen MR) is 72.9 cm³/mol. The van der Waals surface area contributed by atoms with Crippen molar-refractivity contribution in [3.8, 4) is 0 Å². The van der Waals surface area contributed by atoms with Gasteiger partial charge < -0.3 is 10.1 Å². The van der Waals surface area contributed by atoms with Crippen LogP contribution in [0.1, 0.15) is 48.9 Å². The molecule has 0 atom stereocenters. The van der Waals surface area contributed by atoms with E-state index in [0.717, 1.165) is 5.69 Å². The zero-order valence-electron chi connectivity index (χ0n) is 10.9. The lowest BCUT2D eigenvalue weighted by Crippen LogP contribution is -2.20. The molecule has 0 aromatic heterocycles. The second-order valence-electron chi connectivity index (χ2n) is 4.87. The summed E-state index contributed by atoms with van der Waals surface area (Å²) in [5, 5.41) is 3.50. The molecule has 0 unspecified atom stereocenters. The molecule has 1 aliphatic carbocycles. The van der Waals surface area contributed by atoms with Crippen LogP contribution < -0.4 is 5.32 Å². The lowest BCUT2D eigenvalue weighted by atomic mass is 10.1. The third kappa shape index (κ3) is 3.25. The Hall–Kier alpha value is -1.51. The number of ether oxygens (including phenoxy) is 1. The van der Waals surface area contributed by atoms with E-state index in [1.54, 1.807) is 0 Å². The van der Waals surface area contributed by atoms with Gasteiger partial charge in [-0.2, -0.15) is 0 Å². The van der Waals surface area contributed by atoms with Crippen LogP contribution in [0.25, 0.3) is 0 Å². The Morgan fingerprint density at radius 3 is 2.50 bits per heavy atom. The van der Waals surface area contributed by atoms with Crippen molar-refractivity contribution in [3.63, 3.8) is 0 Å². The highest BCUT2D eigenvalue weighted by molar-refractivity contribution is 5.95.